The maximum Gasteiger partial charge on any atom is 0.242 e. The van der Waals surface area contributed by atoms with Gasteiger partial charge in [0.2, 0.25) is 21.8 Å². The summed E-state index contributed by atoms with van der Waals surface area (Å²) in [6, 6.07) is 13.6. The standard InChI is InChI=1S/C26H36ClN3O5S/c1-5-16-28-26(32)23(6-2)29(19-20-11-8-7-9-12-20)25(31)13-10-17-30(36(4,33)34)21-14-15-24(35-3)22(27)18-21/h7-9,11-12,14-15,18,23H,5-6,10,13,16-17,19H2,1-4H3,(H,28,32)/t23-/m1/s1. The summed E-state index contributed by atoms with van der Waals surface area (Å²) >= 11 is 6.20. The van der Waals surface area contributed by atoms with E-state index in [-0.39, 0.29) is 36.2 Å². The van der Waals surface area contributed by atoms with Crippen LogP contribution in [0.25, 0.3) is 0 Å². The van der Waals surface area contributed by atoms with Gasteiger partial charge in [0.25, 0.3) is 0 Å². The smallest absolute Gasteiger partial charge is 0.242 e. The van der Waals surface area contributed by atoms with Crippen molar-refractivity contribution in [1.29, 1.82) is 0 Å². The molecule has 0 saturated heterocycles. The first-order chi connectivity index (χ1) is 17.1. The lowest BCUT2D eigenvalue weighted by atomic mass is 10.1. The van der Waals surface area contributed by atoms with E-state index in [1.165, 1.54) is 17.5 Å². The Morgan fingerprint density at radius 2 is 1.81 bits per heavy atom. The summed E-state index contributed by atoms with van der Waals surface area (Å²) in [6.07, 6.45) is 2.73. The average molecular weight is 538 g/mol. The van der Waals surface area contributed by atoms with Crippen LogP contribution in [0.2, 0.25) is 5.02 Å². The van der Waals surface area contributed by atoms with Gasteiger partial charge in [-0.05, 0) is 43.0 Å². The van der Waals surface area contributed by atoms with E-state index in [4.69, 9.17) is 16.3 Å². The van der Waals surface area contributed by atoms with Crippen LogP contribution in [0.5, 0.6) is 5.75 Å². The number of amides is 2. The number of halogens is 1. The Kier molecular flexibility index (Phi) is 11.5. The summed E-state index contributed by atoms with van der Waals surface area (Å²) < 4.78 is 31.4. The van der Waals surface area contributed by atoms with Gasteiger partial charge in [-0.1, -0.05) is 55.8 Å². The number of nitrogens with one attached hydrogen (secondary N) is 1. The molecule has 0 aliphatic heterocycles. The van der Waals surface area contributed by atoms with E-state index in [0.29, 0.717) is 30.9 Å². The molecule has 0 heterocycles. The molecule has 2 aromatic rings. The van der Waals surface area contributed by atoms with E-state index in [1.54, 1.807) is 17.0 Å². The van der Waals surface area contributed by atoms with Gasteiger partial charge in [-0.3, -0.25) is 13.9 Å². The minimum absolute atomic E-state index is 0.0836. The molecule has 0 bridgehead atoms. The number of nitrogens with zero attached hydrogens (tertiary/aromatic N) is 2. The van der Waals surface area contributed by atoms with Crippen LogP contribution in [0, 0.1) is 0 Å². The van der Waals surface area contributed by atoms with Gasteiger partial charge in [0.05, 0.1) is 24.1 Å². The third-order valence-electron chi connectivity index (χ3n) is 5.71. The van der Waals surface area contributed by atoms with Crippen LogP contribution in [0.1, 0.15) is 45.1 Å². The summed E-state index contributed by atoms with van der Waals surface area (Å²) in [5.74, 6) is 0.0420. The van der Waals surface area contributed by atoms with E-state index >= 15 is 0 Å². The SMILES string of the molecule is CCCNC(=O)[C@@H](CC)N(Cc1ccccc1)C(=O)CCCN(c1ccc(OC)c(Cl)c1)S(C)(=O)=O. The maximum absolute atomic E-state index is 13.4. The molecular weight excluding hydrogens is 502 g/mol. The second-order valence-corrected chi connectivity index (χ2v) is 10.8. The van der Waals surface area contributed by atoms with Gasteiger partial charge in [-0.2, -0.15) is 0 Å². The van der Waals surface area contributed by atoms with Crippen LogP contribution in [-0.4, -0.2) is 57.6 Å². The van der Waals surface area contributed by atoms with Crippen LogP contribution in [-0.2, 0) is 26.2 Å². The zero-order chi connectivity index (χ0) is 26.7. The molecule has 8 nitrogen and oxygen atoms in total. The van der Waals surface area contributed by atoms with Crippen molar-refractivity contribution in [2.24, 2.45) is 0 Å². The summed E-state index contributed by atoms with van der Waals surface area (Å²) in [7, 11) is -2.14. The average Bonchev–Trinajstić information content (AvgIpc) is 2.84. The van der Waals surface area contributed by atoms with Gasteiger partial charge in [-0.25, -0.2) is 8.42 Å². The van der Waals surface area contributed by atoms with Gasteiger partial charge in [0.15, 0.2) is 0 Å². The lowest BCUT2D eigenvalue weighted by Crippen LogP contribution is -2.49. The Hall–Kier alpha value is -2.78. The largest absolute Gasteiger partial charge is 0.495 e. The predicted molar refractivity (Wildman–Crippen MR) is 144 cm³/mol. The van der Waals surface area contributed by atoms with E-state index in [1.807, 2.05) is 44.2 Å². The van der Waals surface area contributed by atoms with E-state index < -0.39 is 16.1 Å². The molecule has 0 aliphatic carbocycles. The number of carbonyl (C=O) groups is 2. The predicted octanol–water partition coefficient (Wildman–Crippen LogP) is 4.23. The molecule has 0 saturated carbocycles. The van der Waals surface area contributed by atoms with Crippen molar-refractivity contribution in [3.05, 3.63) is 59.1 Å². The van der Waals surface area contributed by atoms with Crippen LogP contribution >= 0.6 is 11.6 Å². The molecule has 0 unspecified atom stereocenters. The number of rotatable bonds is 14. The molecule has 1 N–H and O–H groups in total. The normalized spacial score (nSPS) is 12.0. The highest BCUT2D eigenvalue weighted by Gasteiger charge is 2.28. The van der Waals surface area contributed by atoms with Crippen LogP contribution in [0.3, 0.4) is 0 Å². The Bertz CT molecular complexity index is 1110. The van der Waals surface area contributed by atoms with Crippen molar-refractivity contribution in [3.8, 4) is 5.75 Å². The van der Waals surface area contributed by atoms with Gasteiger partial charge in [0.1, 0.15) is 11.8 Å². The molecule has 10 heteroatoms. The molecule has 198 valence electrons. The first-order valence-corrected chi connectivity index (χ1v) is 14.3. The van der Waals surface area contributed by atoms with Crippen LogP contribution < -0.4 is 14.4 Å². The summed E-state index contributed by atoms with van der Waals surface area (Å²) in [5, 5.41) is 3.18. The molecule has 2 rings (SSSR count). The second kappa shape index (κ2) is 14.1. The Balaban J connectivity index is 2.19. The quantitative estimate of drug-likeness (QED) is 0.389. The molecule has 0 fully saturated rings. The monoisotopic (exact) mass is 537 g/mol. The van der Waals surface area contributed by atoms with Gasteiger partial charge in [-0.15, -0.1) is 0 Å². The first-order valence-electron chi connectivity index (χ1n) is 12.0. The van der Waals surface area contributed by atoms with Crippen molar-refractivity contribution < 1.29 is 22.7 Å². The van der Waals surface area contributed by atoms with E-state index in [2.05, 4.69) is 5.32 Å². The number of methoxy groups -OCH3 is 1. The van der Waals surface area contributed by atoms with Crippen molar-refractivity contribution in [2.75, 3.05) is 30.8 Å². The van der Waals surface area contributed by atoms with E-state index in [0.717, 1.165) is 18.2 Å². The number of sulfonamides is 1. The summed E-state index contributed by atoms with van der Waals surface area (Å²) in [4.78, 5) is 27.8. The number of carbonyl (C=O) groups excluding carboxylic acids is 2. The second-order valence-electron chi connectivity index (χ2n) is 8.48. The number of hydrogen-bond donors (Lipinski definition) is 1. The highest BCUT2D eigenvalue weighted by molar-refractivity contribution is 7.92. The first kappa shape index (κ1) is 29.5. The number of hydrogen-bond acceptors (Lipinski definition) is 5. The maximum atomic E-state index is 13.4. The Labute approximate surface area is 219 Å². The highest BCUT2D eigenvalue weighted by Crippen LogP contribution is 2.30. The molecule has 1 atom stereocenters. The Morgan fingerprint density at radius 3 is 2.36 bits per heavy atom. The topological polar surface area (TPSA) is 96.0 Å². The highest BCUT2D eigenvalue weighted by atomic mass is 35.5. The van der Waals surface area contributed by atoms with E-state index in [9.17, 15) is 18.0 Å². The minimum atomic E-state index is -3.62. The molecular formula is C26H36ClN3O5S. The molecule has 0 aliphatic rings. The summed E-state index contributed by atoms with van der Waals surface area (Å²) in [6.45, 7) is 4.77. The lowest BCUT2D eigenvalue weighted by Gasteiger charge is -2.31. The lowest BCUT2D eigenvalue weighted by molar-refractivity contribution is -0.141. The number of benzene rings is 2. The fraction of sp³-hybridized carbons (Fsp3) is 0.462. The molecule has 2 aromatic carbocycles. The number of anilines is 1. The minimum Gasteiger partial charge on any atom is -0.495 e. The summed E-state index contributed by atoms with van der Waals surface area (Å²) in [5.41, 5.74) is 1.31. The van der Waals surface area contributed by atoms with Gasteiger partial charge >= 0.3 is 0 Å². The van der Waals surface area contributed by atoms with Crippen molar-refractivity contribution in [1.82, 2.24) is 10.2 Å². The fourth-order valence-electron chi connectivity index (χ4n) is 3.88. The third kappa shape index (κ3) is 8.41. The van der Waals surface area contributed by atoms with Crippen molar-refractivity contribution in [2.45, 2.75) is 52.1 Å². The molecule has 36 heavy (non-hydrogen) atoms. The van der Waals surface area contributed by atoms with Crippen molar-refractivity contribution in [3.63, 3.8) is 0 Å². The molecule has 0 aromatic heterocycles. The van der Waals surface area contributed by atoms with Gasteiger partial charge < -0.3 is 15.0 Å². The molecule has 2 amide bonds. The van der Waals surface area contributed by atoms with Crippen LogP contribution in [0.15, 0.2) is 48.5 Å². The molecule has 0 spiro atoms. The van der Waals surface area contributed by atoms with Gasteiger partial charge in [0, 0.05) is 26.1 Å². The zero-order valence-electron chi connectivity index (χ0n) is 21.4. The third-order valence-corrected chi connectivity index (χ3v) is 7.20. The van der Waals surface area contributed by atoms with Crippen LogP contribution in [0.4, 0.5) is 5.69 Å². The number of ether oxygens (including phenoxy) is 1. The fourth-order valence-corrected chi connectivity index (χ4v) is 5.09. The Morgan fingerprint density at radius 1 is 1.11 bits per heavy atom. The molecule has 0 radical (unpaired) electrons. The van der Waals surface area contributed by atoms with Crippen molar-refractivity contribution >= 4 is 39.1 Å². The zero-order valence-corrected chi connectivity index (χ0v) is 22.9.